The summed E-state index contributed by atoms with van der Waals surface area (Å²) in [5.74, 6) is -0.363. The number of carbonyl (C=O) groups is 1. The van der Waals surface area contributed by atoms with Gasteiger partial charge in [0.25, 0.3) is 0 Å². The second-order valence-electron chi connectivity index (χ2n) is 5.81. The molecule has 1 aromatic carbocycles. The van der Waals surface area contributed by atoms with Crippen molar-refractivity contribution in [2.24, 2.45) is 13.0 Å². The summed E-state index contributed by atoms with van der Waals surface area (Å²) in [4.78, 5) is 11.1. The summed E-state index contributed by atoms with van der Waals surface area (Å²) in [7, 11) is 2.04. The molecule has 1 aromatic heterocycles. The van der Waals surface area contributed by atoms with Gasteiger partial charge < -0.3 is 9.67 Å². The minimum atomic E-state index is -0.729. The highest BCUT2D eigenvalue weighted by Gasteiger charge is 2.23. The van der Waals surface area contributed by atoms with Crippen LogP contribution in [0.1, 0.15) is 44.2 Å². The standard InChI is InChI=1S/C17H23NO2/c1-5-12-7-6-8-13-15(10-18(4)17(12)13)14(11(2)3)9-16(19)20/h6-8,10-11,14H,5,9H2,1-4H3,(H,19,20). The molecule has 0 aliphatic rings. The molecule has 0 bridgehead atoms. The fraction of sp³-hybridized carbons (Fsp3) is 0.471. The van der Waals surface area contributed by atoms with Crippen LogP contribution < -0.4 is 0 Å². The molecule has 3 nitrogen and oxygen atoms in total. The Bertz CT molecular complexity index is 625. The second-order valence-corrected chi connectivity index (χ2v) is 5.81. The number of benzene rings is 1. The summed E-state index contributed by atoms with van der Waals surface area (Å²) in [6, 6.07) is 6.33. The van der Waals surface area contributed by atoms with Crippen LogP contribution in [0.2, 0.25) is 0 Å². The van der Waals surface area contributed by atoms with E-state index in [1.807, 2.05) is 7.05 Å². The number of carboxylic acid groups (broad SMARTS) is 1. The topological polar surface area (TPSA) is 42.2 Å². The number of nitrogens with zero attached hydrogens (tertiary/aromatic N) is 1. The Hall–Kier alpha value is -1.77. The van der Waals surface area contributed by atoms with Crippen LogP contribution in [0.5, 0.6) is 0 Å². The van der Waals surface area contributed by atoms with Gasteiger partial charge in [0.2, 0.25) is 0 Å². The summed E-state index contributed by atoms with van der Waals surface area (Å²) in [5, 5.41) is 10.4. The largest absolute Gasteiger partial charge is 0.481 e. The fourth-order valence-electron chi connectivity index (χ4n) is 3.06. The van der Waals surface area contributed by atoms with Crippen molar-refractivity contribution in [2.45, 2.75) is 39.5 Å². The average molecular weight is 273 g/mol. The predicted molar refractivity (Wildman–Crippen MR) is 82.1 cm³/mol. The Labute approximate surface area is 120 Å². The second kappa shape index (κ2) is 5.70. The van der Waals surface area contributed by atoms with Crippen molar-refractivity contribution in [3.63, 3.8) is 0 Å². The van der Waals surface area contributed by atoms with E-state index in [2.05, 4.69) is 49.7 Å². The van der Waals surface area contributed by atoms with Crippen LogP contribution in [0, 0.1) is 5.92 Å². The van der Waals surface area contributed by atoms with Gasteiger partial charge in [-0.05, 0) is 29.4 Å². The minimum absolute atomic E-state index is 0.0586. The lowest BCUT2D eigenvalue weighted by Crippen LogP contribution is -2.11. The molecule has 0 aliphatic carbocycles. The first-order chi connectivity index (χ1) is 9.45. The van der Waals surface area contributed by atoms with E-state index in [0.717, 1.165) is 12.0 Å². The van der Waals surface area contributed by atoms with Crippen LogP contribution in [0.4, 0.5) is 0 Å². The Kier molecular flexibility index (Phi) is 4.17. The number of rotatable bonds is 5. The maximum atomic E-state index is 11.1. The van der Waals surface area contributed by atoms with Gasteiger partial charge in [0.1, 0.15) is 0 Å². The van der Waals surface area contributed by atoms with Crippen molar-refractivity contribution in [2.75, 3.05) is 0 Å². The summed E-state index contributed by atoms with van der Waals surface area (Å²) in [6.45, 7) is 6.34. The molecule has 108 valence electrons. The molecule has 1 N–H and O–H groups in total. The third-order valence-corrected chi connectivity index (χ3v) is 4.10. The molecular weight excluding hydrogens is 250 g/mol. The number of para-hydroxylation sites is 1. The smallest absolute Gasteiger partial charge is 0.303 e. The molecule has 0 radical (unpaired) electrons. The quantitative estimate of drug-likeness (QED) is 0.896. The third kappa shape index (κ3) is 2.58. The fourth-order valence-corrected chi connectivity index (χ4v) is 3.06. The highest BCUT2D eigenvalue weighted by atomic mass is 16.4. The predicted octanol–water partition coefficient (Wildman–Crippen LogP) is 3.96. The zero-order valence-electron chi connectivity index (χ0n) is 12.7. The Balaban J connectivity index is 2.62. The highest BCUT2D eigenvalue weighted by molar-refractivity contribution is 5.88. The van der Waals surface area contributed by atoms with Crippen molar-refractivity contribution in [1.29, 1.82) is 0 Å². The lowest BCUT2D eigenvalue weighted by Gasteiger charge is -2.18. The van der Waals surface area contributed by atoms with Gasteiger partial charge in [0.05, 0.1) is 11.9 Å². The number of aryl methyl sites for hydroxylation is 2. The Morgan fingerprint density at radius 2 is 2.05 bits per heavy atom. The lowest BCUT2D eigenvalue weighted by molar-refractivity contribution is -0.137. The molecular formula is C17H23NO2. The molecule has 0 aliphatic heterocycles. The first-order valence-electron chi connectivity index (χ1n) is 7.24. The Morgan fingerprint density at radius 1 is 1.35 bits per heavy atom. The summed E-state index contributed by atoms with van der Waals surface area (Å²) in [6.07, 6.45) is 3.28. The van der Waals surface area contributed by atoms with Gasteiger partial charge in [-0.1, -0.05) is 39.0 Å². The van der Waals surface area contributed by atoms with E-state index in [9.17, 15) is 4.79 Å². The minimum Gasteiger partial charge on any atom is -0.481 e. The molecule has 0 saturated carbocycles. The molecule has 0 saturated heterocycles. The Morgan fingerprint density at radius 3 is 2.60 bits per heavy atom. The lowest BCUT2D eigenvalue weighted by atomic mass is 9.85. The monoisotopic (exact) mass is 273 g/mol. The number of aromatic nitrogens is 1. The average Bonchev–Trinajstić information content (AvgIpc) is 2.73. The molecule has 0 amide bonds. The van der Waals surface area contributed by atoms with Crippen LogP contribution in [-0.2, 0) is 18.3 Å². The van der Waals surface area contributed by atoms with Crippen LogP contribution in [0.3, 0.4) is 0 Å². The first-order valence-corrected chi connectivity index (χ1v) is 7.24. The number of fused-ring (bicyclic) bond motifs is 1. The van der Waals surface area contributed by atoms with Gasteiger partial charge in [-0.15, -0.1) is 0 Å². The number of carboxylic acids is 1. The van der Waals surface area contributed by atoms with Gasteiger partial charge >= 0.3 is 5.97 Å². The maximum absolute atomic E-state index is 11.1. The first kappa shape index (κ1) is 14.6. The SMILES string of the molecule is CCc1cccc2c(C(CC(=O)O)C(C)C)cn(C)c12. The van der Waals surface area contributed by atoms with E-state index < -0.39 is 5.97 Å². The molecule has 3 heteroatoms. The van der Waals surface area contributed by atoms with Crippen molar-refractivity contribution in [1.82, 2.24) is 4.57 Å². The third-order valence-electron chi connectivity index (χ3n) is 4.10. The highest BCUT2D eigenvalue weighted by Crippen LogP contribution is 2.35. The van der Waals surface area contributed by atoms with E-state index >= 15 is 0 Å². The molecule has 2 aromatic rings. The molecule has 1 heterocycles. The van der Waals surface area contributed by atoms with Crippen LogP contribution in [-0.4, -0.2) is 15.6 Å². The van der Waals surface area contributed by atoms with Crippen LogP contribution in [0.25, 0.3) is 10.9 Å². The van der Waals surface area contributed by atoms with Gasteiger partial charge in [0, 0.05) is 18.6 Å². The van der Waals surface area contributed by atoms with Gasteiger partial charge in [-0.2, -0.15) is 0 Å². The zero-order chi connectivity index (χ0) is 14.9. The maximum Gasteiger partial charge on any atom is 0.303 e. The van der Waals surface area contributed by atoms with Crippen LogP contribution >= 0.6 is 0 Å². The molecule has 2 rings (SSSR count). The van der Waals surface area contributed by atoms with Gasteiger partial charge in [-0.25, -0.2) is 0 Å². The van der Waals surface area contributed by atoms with Gasteiger partial charge in [0.15, 0.2) is 0 Å². The number of hydrogen-bond donors (Lipinski definition) is 1. The van der Waals surface area contributed by atoms with Crippen molar-refractivity contribution >= 4 is 16.9 Å². The summed E-state index contributed by atoms with van der Waals surface area (Å²) >= 11 is 0. The van der Waals surface area contributed by atoms with Crippen molar-refractivity contribution in [3.8, 4) is 0 Å². The van der Waals surface area contributed by atoms with E-state index in [1.54, 1.807) is 0 Å². The molecule has 0 fully saturated rings. The number of aliphatic carboxylic acids is 1. The summed E-state index contributed by atoms with van der Waals surface area (Å²) < 4.78 is 2.14. The molecule has 0 spiro atoms. The normalized spacial score (nSPS) is 13.1. The molecule has 20 heavy (non-hydrogen) atoms. The summed E-state index contributed by atoms with van der Waals surface area (Å²) in [5.41, 5.74) is 3.71. The molecule has 1 atom stereocenters. The van der Waals surface area contributed by atoms with Gasteiger partial charge in [-0.3, -0.25) is 4.79 Å². The van der Waals surface area contributed by atoms with Crippen molar-refractivity contribution in [3.05, 3.63) is 35.5 Å². The van der Waals surface area contributed by atoms with E-state index in [0.29, 0.717) is 5.92 Å². The zero-order valence-corrected chi connectivity index (χ0v) is 12.7. The van der Waals surface area contributed by atoms with Crippen LogP contribution in [0.15, 0.2) is 24.4 Å². The molecule has 1 unspecified atom stereocenters. The van der Waals surface area contributed by atoms with E-state index in [4.69, 9.17) is 5.11 Å². The van der Waals surface area contributed by atoms with E-state index in [-0.39, 0.29) is 12.3 Å². The van der Waals surface area contributed by atoms with E-state index in [1.165, 1.54) is 16.5 Å². The number of hydrogen-bond acceptors (Lipinski definition) is 1. The van der Waals surface area contributed by atoms with Crippen molar-refractivity contribution < 1.29 is 9.90 Å².